The van der Waals surface area contributed by atoms with E-state index in [1.54, 1.807) is 0 Å². The molecular formula is C20H26N4OS. The number of fused-ring (bicyclic) bond motifs is 1. The smallest absolute Gasteiger partial charge is 0.128 e. The van der Waals surface area contributed by atoms with Crippen LogP contribution in [-0.2, 0) is 17.6 Å². The van der Waals surface area contributed by atoms with Gasteiger partial charge in [0.05, 0.1) is 18.9 Å². The van der Waals surface area contributed by atoms with E-state index in [-0.39, 0.29) is 0 Å². The molecule has 0 radical (unpaired) electrons. The molecule has 2 aliphatic heterocycles. The van der Waals surface area contributed by atoms with Gasteiger partial charge in [-0.2, -0.15) is 0 Å². The van der Waals surface area contributed by atoms with Crippen LogP contribution in [0.3, 0.4) is 0 Å². The number of anilines is 1. The molecule has 2 aromatic heterocycles. The van der Waals surface area contributed by atoms with Crippen LogP contribution in [0, 0.1) is 0 Å². The Morgan fingerprint density at radius 1 is 1.04 bits per heavy atom. The summed E-state index contributed by atoms with van der Waals surface area (Å²) >= 11 is 1.87. The van der Waals surface area contributed by atoms with Crippen molar-refractivity contribution in [2.24, 2.45) is 0 Å². The molecule has 0 atom stereocenters. The lowest BCUT2D eigenvalue weighted by Crippen LogP contribution is -2.41. The van der Waals surface area contributed by atoms with Gasteiger partial charge in [-0.05, 0) is 31.4 Å². The summed E-state index contributed by atoms with van der Waals surface area (Å²) in [5, 5.41) is 1.13. The van der Waals surface area contributed by atoms with Crippen molar-refractivity contribution in [3.05, 3.63) is 28.9 Å². The number of pyridine rings is 1. The van der Waals surface area contributed by atoms with Crippen molar-refractivity contribution >= 4 is 17.2 Å². The van der Waals surface area contributed by atoms with Crippen LogP contribution in [0.15, 0.2) is 18.3 Å². The minimum absolute atomic E-state index is 0.792. The topological polar surface area (TPSA) is 41.5 Å². The molecule has 2 fully saturated rings. The van der Waals surface area contributed by atoms with Crippen molar-refractivity contribution in [1.29, 1.82) is 0 Å². The first-order valence-corrected chi connectivity index (χ1v) is 10.7. The standard InChI is InChI=1S/C20H26N4OS/c1-2-16(3-1)23-8-6-17-18(7-9-23)26-20(22-17)15-4-5-19(21-14-15)24-10-12-25-13-11-24/h4-5,14,16H,1-3,6-13H2. The quantitative estimate of drug-likeness (QED) is 0.831. The largest absolute Gasteiger partial charge is 0.378 e. The lowest BCUT2D eigenvalue weighted by Gasteiger charge is -2.36. The molecule has 2 aromatic rings. The molecule has 5 nitrogen and oxygen atoms in total. The van der Waals surface area contributed by atoms with Gasteiger partial charge in [0.25, 0.3) is 0 Å². The number of thiazole rings is 1. The third-order valence-electron chi connectivity index (χ3n) is 5.96. The average molecular weight is 371 g/mol. The summed E-state index contributed by atoms with van der Waals surface area (Å²) in [6.45, 7) is 5.81. The van der Waals surface area contributed by atoms with Gasteiger partial charge in [-0.25, -0.2) is 9.97 Å². The van der Waals surface area contributed by atoms with E-state index in [2.05, 4.69) is 26.9 Å². The predicted molar refractivity (Wildman–Crippen MR) is 105 cm³/mol. The van der Waals surface area contributed by atoms with Gasteiger partial charge in [0, 0.05) is 55.3 Å². The van der Waals surface area contributed by atoms with Crippen molar-refractivity contribution in [2.45, 2.75) is 38.1 Å². The number of ether oxygens (including phenoxy) is 1. The Morgan fingerprint density at radius 3 is 2.62 bits per heavy atom. The number of nitrogens with zero attached hydrogens (tertiary/aromatic N) is 4. The maximum Gasteiger partial charge on any atom is 0.128 e. The number of morpholine rings is 1. The number of rotatable bonds is 3. The van der Waals surface area contributed by atoms with E-state index in [0.29, 0.717) is 0 Å². The van der Waals surface area contributed by atoms with Gasteiger partial charge in [0.1, 0.15) is 10.8 Å². The third-order valence-corrected chi connectivity index (χ3v) is 7.17. The molecule has 1 saturated heterocycles. The predicted octanol–water partition coefficient (Wildman–Crippen LogP) is 2.99. The fraction of sp³-hybridized carbons (Fsp3) is 0.600. The molecule has 4 heterocycles. The fourth-order valence-electron chi connectivity index (χ4n) is 4.11. The molecule has 0 bridgehead atoms. The highest BCUT2D eigenvalue weighted by molar-refractivity contribution is 7.15. The second-order valence-electron chi connectivity index (χ2n) is 7.51. The lowest BCUT2D eigenvalue weighted by atomic mass is 9.91. The zero-order valence-electron chi connectivity index (χ0n) is 15.2. The molecule has 1 aliphatic carbocycles. The number of hydrogen-bond acceptors (Lipinski definition) is 6. The summed E-state index contributed by atoms with van der Waals surface area (Å²) in [5.41, 5.74) is 2.47. The summed E-state index contributed by atoms with van der Waals surface area (Å²) in [6, 6.07) is 5.16. The zero-order chi connectivity index (χ0) is 17.3. The first kappa shape index (κ1) is 16.7. The highest BCUT2D eigenvalue weighted by Gasteiger charge is 2.27. The molecule has 6 heteroatoms. The zero-order valence-corrected chi connectivity index (χ0v) is 16.0. The van der Waals surface area contributed by atoms with Gasteiger partial charge in [-0.1, -0.05) is 6.42 Å². The maximum absolute atomic E-state index is 5.42. The molecule has 0 amide bonds. The van der Waals surface area contributed by atoms with Crippen molar-refractivity contribution in [1.82, 2.24) is 14.9 Å². The van der Waals surface area contributed by atoms with Gasteiger partial charge in [0.2, 0.25) is 0 Å². The summed E-state index contributed by atoms with van der Waals surface area (Å²) in [5.74, 6) is 1.05. The van der Waals surface area contributed by atoms with Crippen LogP contribution >= 0.6 is 11.3 Å². The Balaban J connectivity index is 1.29. The Bertz CT molecular complexity index is 724. The molecule has 0 unspecified atom stereocenters. The van der Waals surface area contributed by atoms with Crippen molar-refractivity contribution in [2.75, 3.05) is 44.3 Å². The first-order chi connectivity index (χ1) is 12.9. The second-order valence-corrected chi connectivity index (χ2v) is 8.60. The molecule has 0 spiro atoms. The van der Waals surface area contributed by atoms with E-state index in [0.717, 1.165) is 61.6 Å². The normalized spacial score (nSPS) is 21.9. The van der Waals surface area contributed by atoms with Crippen LogP contribution in [-0.4, -0.2) is 60.3 Å². The van der Waals surface area contributed by atoms with E-state index in [4.69, 9.17) is 9.72 Å². The molecule has 26 heavy (non-hydrogen) atoms. The Hall–Kier alpha value is -1.50. The van der Waals surface area contributed by atoms with Gasteiger partial charge >= 0.3 is 0 Å². The molecule has 0 aromatic carbocycles. The van der Waals surface area contributed by atoms with E-state index in [9.17, 15) is 0 Å². The summed E-state index contributed by atoms with van der Waals surface area (Å²) in [4.78, 5) is 16.1. The van der Waals surface area contributed by atoms with Gasteiger partial charge in [-0.15, -0.1) is 11.3 Å². The molecule has 5 rings (SSSR count). The van der Waals surface area contributed by atoms with Crippen LogP contribution in [0.4, 0.5) is 5.82 Å². The van der Waals surface area contributed by atoms with E-state index in [1.165, 1.54) is 42.9 Å². The minimum Gasteiger partial charge on any atom is -0.378 e. The third kappa shape index (κ3) is 3.26. The summed E-state index contributed by atoms with van der Waals surface area (Å²) < 4.78 is 5.42. The van der Waals surface area contributed by atoms with Gasteiger partial charge in [-0.3, -0.25) is 4.90 Å². The lowest BCUT2D eigenvalue weighted by molar-refractivity contribution is 0.122. The van der Waals surface area contributed by atoms with E-state index < -0.39 is 0 Å². The molecule has 0 N–H and O–H groups in total. The average Bonchev–Trinajstić information content (AvgIpc) is 2.97. The van der Waals surface area contributed by atoms with E-state index >= 15 is 0 Å². The van der Waals surface area contributed by atoms with Crippen molar-refractivity contribution in [3.8, 4) is 10.6 Å². The maximum atomic E-state index is 5.42. The van der Waals surface area contributed by atoms with Gasteiger partial charge < -0.3 is 9.64 Å². The van der Waals surface area contributed by atoms with Crippen LogP contribution in [0.5, 0.6) is 0 Å². The molecule has 1 saturated carbocycles. The van der Waals surface area contributed by atoms with E-state index in [1.807, 2.05) is 17.5 Å². The molecular weight excluding hydrogens is 344 g/mol. The second kappa shape index (κ2) is 7.25. The van der Waals surface area contributed by atoms with Crippen LogP contribution < -0.4 is 4.90 Å². The number of aromatic nitrogens is 2. The highest BCUT2D eigenvalue weighted by Crippen LogP contribution is 2.33. The Morgan fingerprint density at radius 2 is 1.88 bits per heavy atom. The summed E-state index contributed by atoms with van der Waals surface area (Å²) in [6.07, 6.45) is 8.45. The molecule has 138 valence electrons. The highest BCUT2D eigenvalue weighted by atomic mass is 32.1. The Labute approximate surface area is 159 Å². The SMILES string of the molecule is c1cc(N2CCOCC2)ncc1-c1nc2c(s1)CCN(C1CCC1)CC2. The number of hydrogen-bond donors (Lipinski definition) is 0. The Kier molecular flexibility index (Phi) is 4.65. The first-order valence-electron chi connectivity index (χ1n) is 9.88. The summed E-state index contributed by atoms with van der Waals surface area (Å²) in [7, 11) is 0. The van der Waals surface area contributed by atoms with Crippen molar-refractivity contribution < 1.29 is 4.74 Å². The monoisotopic (exact) mass is 370 g/mol. The minimum atomic E-state index is 0.792. The fourth-order valence-corrected chi connectivity index (χ4v) is 5.20. The van der Waals surface area contributed by atoms with Crippen LogP contribution in [0.2, 0.25) is 0 Å². The van der Waals surface area contributed by atoms with Crippen molar-refractivity contribution in [3.63, 3.8) is 0 Å². The van der Waals surface area contributed by atoms with Crippen LogP contribution in [0.25, 0.3) is 10.6 Å². The van der Waals surface area contributed by atoms with Gasteiger partial charge in [0.15, 0.2) is 0 Å². The van der Waals surface area contributed by atoms with Crippen LogP contribution in [0.1, 0.15) is 29.8 Å². The molecule has 3 aliphatic rings.